The van der Waals surface area contributed by atoms with Gasteiger partial charge in [0.05, 0.1) is 19.8 Å². The van der Waals surface area contributed by atoms with Crippen LogP contribution in [0.3, 0.4) is 0 Å². The normalized spacial score (nSPS) is 25.4. The Kier molecular flexibility index (Phi) is 5.56. The van der Waals surface area contributed by atoms with Crippen molar-refractivity contribution in [3.63, 3.8) is 0 Å². The third-order valence-electron chi connectivity index (χ3n) is 6.65. The molecule has 1 aliphatic carbocycles. The molecule has 3 aliphatic rings. The first-order valence-corrected chi connectivity index (χ1v) is 11.0. The molecule has 2 saturated heterocycles. The number of benzene rings is 1. The van der Waals surface area contributed by atoms with E-state index in [4.69, 9.17) is 4.74 Å². The van der Waals surface area contributed by atoms with Crippen LogP contribution in [0.4, 0.5) is 10.1 Å². The smallest absolute Gasteiger partial charge is 0.234 e. The number of nitrogens with one attached hydrogen (secondary N) is 1. The molecule has 3 fully saturated rings. The van der Waals surface area contributed by atoms with Gasteiger partial charge < -0.3 is 15.0 Å². The summed E-state index contributed by atoms with van der Waals surface area (Å²) in [5.41, 5.74) is 1.42. The number of piperidine rings is 1. The van der Waals surface area contributed by atoms with E-state index < -0.39 is 0 Å². The van der Waals surface area contributed by atoms with Crippen molar-refractivity contribution in [2.24, 2.45) is 11.8 Å². The van der Waals surface area contributed by atoms with Crippen LogP contribution in [0.15, 0.2) is 30.5 Å². The Morgan fingerprint density at radius 1 is 1.17 bits per heavy atom. The summed E-state index contributed by atoms with van der Waals surface area (Å²) in [7, 11) is 0. The number of fused-ring (bicyclic) bond motifs is 1. The van der Waals surface area contributed by atoms with Crippen LogP contribution in [0, 0.1) is 17.7 Å². The molecule has 160 valence electrons. The van der Waals surface area contributed by atoms with Gasteiger partial charge in [-0.2, -0.15) is 0 Å². The Balaban J connectivity index is 1.33. The van der Waals surface area contributed by atoms with Gasteiger partial charge in [0, 0.05) is 49.5 Å². The number of morpholine rings is 1. The minimum Gasteiger partial charge on any atom is -0.379 e. The minimum atomic E-state index is -0.291. The molecule has 1 aromatic carbocycles. The minimum absolute atomic E-state index is 0.0870. The number of pyridine rings is 1. The lowest BCUT2D eigenvalue weighted by molar-refractivity contribution is -0.124. The quantitative estimate of drug-likeness (QED) is 0.818. The zero-order valence-electron chi connectivity index (χ0n) is 17.2. The second-order valence-electron chi connectivity index (χ2n) is 8.86. The first-order chi connectivity index (χ1) is 14.7. The van der Waals surface area contributed by atoms with Crippen LogP contribution in [0.1, 0.15) is 19.3 Å². The van der Waals surface area contributed by atoms with Crippen molar-refractivity contribution >= 4 is 22.5 Å². The van der Waals surface area contributed by atoms with E-state index in [1.165, 1.54) is 18.9 Å². The molecule has 0 bridgehead atoms. The maximum atomic E-state index is 14.3. The summed E-state index contributed by atoms with van der Waals surface area (Å²) in [5, 5.41) is 4.13. The van der Waals surface area contributed by atoms with Gasteiger partial charge in [-0.1, -0.05) is 0 Å². The summed E-state index contributed by atoms with van der Waals surface area (Å²) in [5.74, 6) is 1.10. The van der Waals surface area contributed by atoms with Gasteiger partial charge in [-0.25, -0.2) is 4.39 Å². The van der Waals surface area contributed by atoms with E-state index >= 15 is 0 Å². The second-order valence-corrected chi connectivity index (χ2v) is 8.86. The van der Waals surface area contributed by atoms with Crippen molar-refractivity contribution in [2.45, 2.75) is 25.3 Å². The van der Waals surface area contributed by atoms with E-state index in [2.05, 4.69) is 20.1 Å². The molecule has 1 saturated carbocycles. The Bertz CT molecular complexity index is 913. The molecule has 3 heterocycles. The standard InChI is InChI=1S/C23H29FN4O2/c24-20-5-6-21(19-2-1-7-25-23(19)20)28-13-17(16-3-4-16)12-18(14-28)26-22(29)15-27-8-10-30-11-9-27/h1-2,5-7,16-18H,3-4,8-15H2,(H,26,29)/t17-,18+/m1/s1. The number of nitrogens with zero attached hydrogens (tertiary/aromatic N) is 3. The van der Waals surface area contributed by atoms with Gasteiger partial charge in [0.15, 0.2) is 0 Å². The van der Waals surface area contributed by atoms with Crippen molar-refractivity contribution in [1.29, 1.82) is 0 Å². The Morgan fingerprint density at radius 2 is 2.00 bits per heavy atom. The van der Waals surface area contributed by atoms with E-state index in [0.29, 0.717) is 31.2 Å². The fraction of sp³-hybridized carbons (Fsp3) is 0.565. The average Bonchev–Trinajstić information content (AvgIpc) is 3.60. The van der Waals surface area contributed by atoms with Crippen molar-refractivity contribution in [2.75, 3.05) is 50.8 Å². The maximum Gasteiger partial charge on any atom is 0.234 e. The highest BCUT2D eigenvalue weighted by molar-refractivity contribution is 5.92. The first kappa shape index (κ1) is 19.7. The lowest BCUT2D eigenvalue weighted by Gasteiger charge is -2.40. The van der Waals surface area contributed by atoms with Gasteiger partial charge in [0.25, 0.3) is 0 Å². The molecular weight excluding hydrogens is 383 g/mol. The lowest BCUT2D eigenvalue weighted by atomic mass is 9.89. The zero-order valence-corrected chi connectivity index (χ0v) is 17.2. The topological polar surface area (TPSA) is 57.7 Å². The number of halogens is 1. The van der Waals surface area contributed by atoms with Gasteiger partial charge in [-0.3, -0.25) is 14.7 Å². The Hall–Kier alpha value is -2.25. The molecule has 0 unspecified atom stereocenters. The van der Waals surface area contributed by atoms with E-state index in [1.807, 2.05) is 18.2 Å². The molecular formula is C23H29FN4O2. The third kappa shape index (κ3) is 4.27. The number of amides is 1. The predicted molar refractivity (Wildman–Crippen MR) is 114 cm³/mol. The SMILES string of the molecule is O=C(CN1CCOCC1)N[C@H]1C[C@@H](C2CC2)CN(c2ccc(F)c3ncccc23)C1. The zero-order chi connectivity index (χ0) is 20.5. The fourth-order valence-electron chi connectivity index (χ4n) is 4.98. The average molecular weight is 413 g/mol. The number of anilines is 1. The van der Waals surface area contributed by atoms with Gasteiger partial charge >= 0.3 is 0 Å². The summed E-state index contributed by atoms with van der Waals surface area (Å²) in [6.45, 7) is 5.13. The predicted octanol–water partition coefficient (Wildman–Crippen LogP) is 2.43. The molecule has 1 N–H and O–H groups in total. The molecule has 30 heavy (non-hydrogen) atoms. The second kappa shape index (κ2) is 8.47. The van der Waals surface area contributed by atoms with Crippen LogP contribution in [0.2, 0.25) is 0 Å². The highest BCUT2D eigenvalue weighted by atomic mass is 19.1. The van der Waals surface area contributed by atoms with E-state index in [0.717, 1.165) is 49.6 Å². The molecule has 1 amide bonds. The van der Waals surface area contributed by atoms with Crippen LogP contribution >= 0.6 is 0 Å². The van der Waals surface area contributed by atoms with E-state index in [9.17, 15) is 9.18 Å². The number of carbonyl (C=O) groups is 1. The van der Waals surface area contributed by atoms with Crippen LogP contribution in [-0.2, 0) is 9.53 Å². The van der Waals surface area contributed by atoms with E-state index in [-0.39, 0.29) is 17.8 Å². The Morgan fingerprint density at radius 3 is 2.80 bits per heavy atom. The number of ether oxygens (including phenoxy) is 1. The largest absolute Gasteiger partial charge is 0.379 e. The molecule has 2 aromatic rings. The van der Waals surface area contributed by atoms with Crippen molar-refractivity contribution in [3.05, 3.63) is 36.3 Å². The number of aromatic nitrogens is 1. The number of rotatable bonds is 5. The van der Waals surface area contributed by atoms with Crippen molar-refractivity contribution in [3.8, 4) is 0 Å². The molecule has 0 radical (unpaired) electrons. The molecule has 7 heteroatoms. The monoisotopic (exact) mass is 412 g/mol. The molecule has 2 atom stereocenters. The lowest BCUT2D eigenvalue weighted by Crippen LogP contribution is -2.53. The van der Waals surface area contributed by atoms with Crippen molar-refractivity contribution < 1.29 is 13.9 Å². The molecule has 0 spiro atoms. The van der Waals surface area contributed by atoms with Crippen molar-refractivity contribution in [1.82, 2.24) is 15.2 Å². The highest BCUT2D eigenvalue weighted by Crippen LogP contribution is 2.42. The first-order valence-electron chi connectivity index (χ1n) is 11.0. The van der Waals surface area contributed by atoms with Crippen LogP contribution < -0.4 is 10.2 Å². The van der Waals surface area contributed by atoms with Gasteiger partial charge in [-0.15, -0.1) is 0 Å². The van der Waals surface area contributed by atoms with Gasteiger partial charge in [0.2, 0.25) is 5.91 Å². The van der Waals surface area contributed by atoms with Crippen LogP contribution in [-0.4, -0.2) is 67.8 Å². The van der Waals surface area contributed by atoms with Crippen LogP contribution in [0.25, 0.3) is 10.9 Å². The number of hydrogen-bond acceptors (Lipinski definition) is 5. The van der Waals surface area contributed by atoms with E-state index in [1.54, 1.807) is 6.20 Å². The maximum absolute atomic E-state index is 14.3. The third-order valence-corrected chi connectivity index (χ3v) is 6.65. The molecule has 1 aromatic heterocycles. The van der Waals surface area contributed by atoms with Gasteiger partial charge in [-0.05, 0) is 55.4 Å². The highest BCUT2D eigenvalue weighted by Gasteiger charge is 2.38. The van der Waals surface area contributed by atoms with Gasteiger partial charge in [0.1, 0.15) is 11.3 Å². The van der Waals surface area contributed by atoms with Crippen LogP contribution in [0.5, 0.6) is 0 Å². The fourth-order valence-corrected chi connectivity index (χ4v) is 4.98. The summed E-state index contributed by atoms with van der Waals surface area (Å²) >= 11 is 0. The molecule has 2 aliphatic heterocycles. The molecule has 5 rings (SSSR count). The Labute approximate surface area is 176 Å². The number of carbonyl (C=O) groups excluding carboxylic acids is 1. The summed E-state index contributed by atoms with van der Waals surface area (Å²) in [6.07, 6.45) is 5.21. The summed E-state index contributed by atoms with van der Waals surface area (Å²) in [4.78, 5) is 21.4. The summed E-state index contributed by atoms with van der Waals surface area (Å²) in [6, 6.07) is 7.27. The molecule has 6 nitrogen and oxygen atoms in total. The number of hydrogen-bond donors (Lipinski definition) is 1. The summed E-state index contributed by atoms with van der Waals surface area (Å²) < 4.78 is 19.6.